The van der Waals surface area contributed by atoms with Crippen LogP contribution in [0.5, 0.6) is 0 Å². The Bertz CT molecular complexity index is 705. The van der Waals surface area contributed by atoms with E-state index >= 15 is 0 Å². The zero-order valence-electron chi connectivity index (χ0n) is 14.5. The first-order valence-corrected chi connectivity index (χ1v) is 8.56. The van der Waals surface area contributed by atoms with Crippen LogP contribution in [-0.4, -0.2) is 41.1 Å². The summed E-state index contributed by atoms with van der Waals surface area (Å²) in [5.74, 6) is -0.149. The van der Waals surface area contributed by atoms with Crippen LogP contribution in [0.25, 0.3) is 10.9 Å². The van der Waals surface area contributed by atoms with Crippen molar-refractivity contribution in [3.63, 3.8) is 0 Å². The summed E-state index contributed by atoms with van der Waals surface area (Å²) >= 11 is 0. The SMILES string of the molecule is CC(C)n1cc2cc(NC(=O)[C@H](C)OC[C@H]3CCCO3)ccc2n1. The number of amides is 1. The molecule has 2 atom stereocenters. The van der Waals surface area contributed by atoms with Gasteiger partial charge in [0.25, 0.3) is 5.91 Å². The van der Waals surface area contributed by atoms with Crippen LogP contribution in [0.2, 0.25) is 0 Å². The molecular formula is C18H25N3O3. The van der Waals surface area contributed by atoms with E-state index in [1.165, 1.54) is 0 Å². The van der Waals surface area contributed by atoms with Gasteiger partial charge in [0.05, 0.1) is 18.2 Å². The standard InChI is InChI=1S/C18H25N3O3/c1-12(2)21-10-14-9-15(6-7-17(14)20-21)19-18(22)13(3)24-11-16-5-4-8-23-16/h6-7,9-10,12-13,16H,4-5,8,11H2,1-3H3,(H,19,22)/t13-,16+/m0/s1. The number of hydrogen-bond donors (Lipinski definition) is 1. The van der Waals surface area contributed by atoms with Crippen molar-refractivity contribution in [2.24, 2.45) is 0 Å². The second-order valence-corrected chi connectivity index (χ2v) is 6.58. The van der Waals surface area contributed by atoms with Crippen LogP contribution < -0.4 is 5.32 Å². The zero-order valence-corrected chi connectivity index (χ0v) is 14.5. The summed E-state index contributed by atoms with van der Waals surface area (Å²) in [5.41, 5.74) is 1.67. The number of carbonyl (C=O) groups excluding carboxylic acids is 1. The highest BCUT2D eigenvalue weighted by Gasteiger charge is 2.20. The van der Waals surface area contributed by atoms with Gasteiger partial charge in [0.15, 0.2) is 0 Å². The fourth-order valence-corrected chi connectivity index (χ4v) is 2.73. The Morgan fingerprint density at radius 1 is 1.46 bits per heavy atom. The maximum atomic E-state index is 12.3. The van der Waals surface area contributed by atoms with Crippen molar-refractivity contribution >= 4 is 22.5 Å². The minimum absolute atomic E-state index is 0.124. The largest absolute Gasteiger partial charge is 0.376 e. The molecule has 0 aliphatic carbocycles. The molecule has 24 heavy (non-hydrogen) atoms. The van der Waals surface area contributed by atoms with Gasteiger partial charge in [0.1, 0.15) is 6.10 Å². The number of rotatable bonds is 6. The number of nitrogens with zero attached hydrogens (tertiary/aromatic N) is 2. The van der Waals surface area contributed by atoms with Gasteiger partial charge in [-0.3, -0.25) is 9.48 Å². The van der Waals surface area contributed by atoms with Crippen molar-refractivity contribution in [2.75, 3.05) is 18.5 Å². The first-order chi connectivity index (χ1) is 11.5. The molecule has 130 valence electrons. The average molecular weight is 331 g/mol. The van der Waals surface area contributed by atoms with E-state index in [1.54, 1.807) is 6.92 Å². The maximum Gasteiger partial charge on any atom is 0.253 e. The molecule has 1 fully saturated rings. The van der Waals surface area contributed by atoms with Gasteiger partial charge in [-0.25, -0.2) is 0 Å². The van der Waals surface area contributed by atoms with Crippen LogP contribution >= 0.6 is 0 Å². The van der Waals surface area contributed by atoms with E-state index in [1.807, 2.05) is 29.1 Å². The monoisotopic (exact) mass is 331 g/mol. The lowest BCUT2D eigenvalue weighted by molar-refractivity contribution is -0.128. The van der Waals surface area contributed by atoms with E-state index in [9.17, 15) is 4.79 Å². The van der Waals surface area contributed by atoms with Gasteiger partial charge in [-0.15, -0.1) is 0 Å². The summed E-state index contributed by atoms with van der Waals surface area (Å²) in [4.78, 5) is 12.3. The van der Waals surface area contributed by atoms with Gasteiger partial charge in [0, 0.05) is 29.9 Å². The molecule has 0 bridgehead atoms. The Balaban J connectivity index is 1.59. The molecule has 6 nitrogen and oxygen atoms in total. The number of anilines is 1. The molecular weight excluding hydrogens is 306 g/mol. The molecule has 0 saturated carbocycles. The van der Waals surface area contributed by atoms with Crippen LogP contribution in [0.1, 0.15) is 39.7 Å². The fourth-order valence-electron chi connectivity index (χ4n) is 2.73. The number of hydrogen-bond acceptors (Lipinski definition) is 4. The Hall–Kier alpha value is -1.92. The van der Waals surface area contributed by atoms with E-state index in [2.05, 4.69) is 24.3 Å². The second kappa shape index (κ2) is 7.32. The van der Waals surface area contributed by atoms with Crippen LogP contribution in [0, 0.1) is 0 Å². The fraction of sp³-hybridized carbons (Fsp3) is 0.556. The van der Waals surface area contributed by atoms with E-state index in [-0.39, 0.29) is 12.0 Å². The Morgan fingerprint density at radius 2 is 2.29 bits per heavy atom. The van der Waals surface area contributed by atoms with Gasteiger partial charge in [-0.05, 0) is 51.8 Å². The molecule has 2 aromatic rings. The van der Waals surface area contributed by atoms with E-state index in [4.69, 9.17) is 9.47 Å². The molecule has 3 rings (SSSR count). The highest BCUT2D eigenvalue weighted by atomic mass is 16.5. The topological polar surface area (TPSA) is 65.4 Å². The molecule has 1 N–H and O–H groups in total. The molecule has 2 heterocycles. The van der Waals surface area contributed by atoms with Gasteiger partial charge >= 0.3 is 0 Å². The van der Waals surface area contributed by atoms with Gasteiger partial charge in [-0.2, -0.15) is 5.10 Å². The van der Waals surface area contributed by atoms with Crippen molar-refractivity contribution in [1.82, 2.24) is 9.78 Å². The highest BCUT2D eigenvalue weighted by Crippen LogP contribution is 2.20. The molecule has 1 aliphatic heterocycles. The number of fused-ring (bicyclic) bond motifs is 1. The van der Waals surface area contributed by atoms with Crippen molar-refractivity contribution in [3.05, 3.63) is 24.4 Å². The Labute approximate surface area is 142 Å². The molecule has 1 aromatic carbocycles. The molecule has 1 aliphatic rings. The van der Waals surface area contributed by atoms with Crippen molar-refractivity contribution < 1.29 is 14.3 Å². The van der Waals surface area contributed by atoms with Crippen LogP contribution in [-0.2, 0) is 14.3 Å². The quantitative estimate of drug-likeness (QED) is 0.883. The van der Waals surface area contributed by atoms with Crippen molar-refractivity contribution in [1.29, 1.82) is 0 Å². The molecule has 0 unspecified atom stereocenters. The molecule has 0 radical (unpaired) electrons. The van der Waals surface area contributed by atoms with E-state index in [0.29, 0.717) is 12.6 Å². The smallest absolute Gasteiger partial charge is 0.253 e. The average Bonchev–Trinajstić information content (AvgIpc) is 3.21. The number of ether oxygens (including phenoxy) is 2. The Morgan fingerprint density at radius 3 is 3.00 bits per heavy atom. The minimum Gasteiger partial charge on any atom is -0.376 e. The third kappa shape index (κ3) is 3.94. The summed E-state index contributed by atoms with van der Waals surface area (Å²) in [6, 6.07) is 6.03. The maximum absolute atomic E-state index is 12.3. The predicted molar refractivity (Wildman–Crippen MR) is 93.1 cm³/mol. The molecule has 1 amide bonds. The molecule has 1 aromatic heterocycles. The summed E-state index contributed by atoms with van der Waals surface area (Å²) < 4.78 is 13.1. The Kier molecular flexibility index (Phi) is 5.16. The van der Waals surface area contributed by atoms with Crippen molar-refractivity contribution in [3.8, 4) is 0 Å². The summed E-state index contributed by atoms with van der Waals surface area (Å²) in [6.07, 6.45) is 3.68. The van der Waals surface area contributed by atoms with Gasteiger partial charge in [0.2, 0.25) is 0 Å². The third-order valence-electron chi connectivity index (χ3n) is 4.24. The summed E-state index contributed by atoms with van der Waals surface area (Å²) in [7, 11) is 0. The highest BCUT2D eigenvalue weighted by molar-refractivity contribution is 5.96. The predicted octanol–water partition coefficient (Wildman–Crippen LogP) is 3.14. The number of carbonyl (C=O) groups is 1. The second-order valence-electron chi connectivity index (χ2n) is 6.58. The van der Waals surface area contributed by atoms with Gasteiger partial charge < -0.3 is 14.8 Å². The first kappa shape index (κ1) is 16.9. The zero-order chi connectivity index (χ0) is 17.1. The minimum atomic E-state index is -0.511. The third-order valence-corrected chi connectivity index (χ3v) is 4.24. The number of aromatic nitrogens is 2. The number of nitrogens with one attached hydrogen (secondary N) is 1. The van der Waals surface area contributed by atoms with Gasteiger partial charge in [-0.1, -0.05) is 0 Å². The lowest BCUT2D eigenvalue weighted by atomic mass is 10.2. The summed E-state index contributed by atoms with van der Waals surface area (Å²) in [5, 5.41) is 8.42. The molecule has 1 saturated heterocycles. The summed E-state index contributed by atoms with van der Waals surface area (Å²) in [6.45, 7) is 7.19. The van der Waals surface area contributed by atoms with Crippen LogP contribution in [0.4, 0.5) is 5.69 Å². The first-order valence-electron chi connectivity index (χ1n) is 8.56. The normalized spacial score (nSPS) is 19.1. The lowest BCUT2D eigenvalue weighted by Crippen LogP contribution is -2.30. The van der Waals surface area contributed by atoms with Crippen molar-refractivity contribution in [2.45, 2.75) is 51.9 Å². The van der Waals surface area contributed by atoms with E-state index in [0.717, 1.165) is 36.0 Å². The van der Waals surface area contributed by atoms with Crippen LogP contribution in [0.15, 0.2) is 24.4 Å². The number of benzene rings is 1. The van der Waals surface area contributed by atoms with E-state index < -0.39 is 6.10 Å². The lowest BCUT2D eigenvalue weighted by Gasteiger charge is -2.16. The van der Waals surface area contributed by atoms with Crippen LogP contribution in [0.3, 0.4) is 0 Å². The molecule has 6 heteroatoms. The molecule has 0 spiro atoms.